The number of hydrogen-bond acceptors (Lipinski definition) is 1. The van der Waals surface area contributed by atoms with Crippen LogP contribution < -0.4 is 5.32 Å². The van der Waals surface area contributed by atoms with Crippen LogP contribution in [0.3, 0.4) is 0 Å². The molecule has 0 unspecified atom stereocenters. The van der Waals surface area contributed by atoms with E-state index in [2.05, 4.69) is 50.4 Å². The first-order valence-corrected chi connectivity index (χ1v) is 5.57. The van der Waals surface area contributed by atoms with Crippen LogP contribution in [0.15, 0.2) is 35.9 Å². The van der Waals surface area contributed by atoms with E-state index in [4.69, 9.17) is 11.6 Å². The van der Waals surface area contributed by atoms with Crippen LogP contribution in [0.5, 0.6) is 0 Å². The molecule has 0 fully saturated rings. The van der Waals surface area contributed by atoms with E-state index in [1.165, 1.54) is 11.1 Å². The summed E-state index contributed by atoms with van der Waals surface area (Å²) in [7, 11) is 0. The molecule has 0 bridgehead atoms. The number of anilines is 1. The lowest BCUT2D eigenvalue weighted by molar-refractivity contribution is 0.590. The minimum absolute atomic E-state index is 0.217. The van der Waals surface area contributed by atoms with E-state index in [9.17, 15) is 0 Å². The number of halogens is 1. The van der Waals surface area contributed by atoms with E-state index in [-0.39, 0.29) is 5.41 Å². The van der Waals surface area contributed by atoms with Crippen molar-refractivity contribution in [1.82, 2.24) is 0 Å². The fourth-order valence-electron chi connectivity index (χ4n) is 1.31. The summed E-state index contributed by atoms with van der Waals surface area (Å²) in [6.45, 7) is 7.40. The molecule has 0 aliphatic rings. The zero-order chi connectivity index (χ0) is 11.3. The fourth-order valence-corrected chi connectivity index (χ4v) is 1.40. The van der Waals surface area contributed by atoms with Crippen LogP contribution in [0, 0.1) is 0 Å². The normalized spacial score (nSPS) is 12.0. The molecule has 0 saturated carbocycles. The Hall–Kier alpha value is -0.950. The third kappa shape index (κ3) is 3.96. The van der Waals surface area contributed by atoms with Gasteiger partial charge in [-0.3, -0.25) is 0 Å². The Balaban J connectivity index is 2.64. The fraction of sp³-hybridized carbons (Fsp3) is 0.385. The maximum atomic E-state index is 5.43. The predicted molar refractivity (Wildman–Crippen MR) is 68.6 cm³/mol. The lowest BCUT2D eigenvalue weighted by Gasteiger charge is -2.19. The molecular formula is C13H18ClN. The summed E-state index contributed by atoms with van der Waals surface area (Å²) in [5, 5.41) is 3.25. The van der Waals surface area contributed by atoms with Gasteiger partial charge in [0.1, 0.15) is 0 Å². The Kier molecular flexibility index (Phi) is 4.22. The molecular weight excluding hydrogens is 206 g/mol. The number of hydrogen-bond donors (Lipinski definition) is 1. The summed E-state index contributed by atoms with van der Waals surface area (Å²) in [4.78, 5) is 0. The second-order valence-electron chi connectivity index (χ2n) is 4.57. The van der Waals surface area contributed by atoms with Gasteiger partial charge in [-0.05, 0) is 23.1 Å². The van der Waals surface area contributed by atoms with Crippen LogP contribution in [0.25, 0.3) is 0 Å². The molecule has 0 aliphatic carbocycles. The van der Waals surface area contributed by atoms with Gasteiger partial charge in [0.25, 0.3) is 0 Å². The monoisotopic (exact) mass is 223 g/mol. The van der Waals surface area contributed by atoms with Crippen LogP contribution in [0.1, 0.15) is 26.3 Å². The first-order chi connectivity index (χ1) is 7.04. The quantitative estimate of drug-likeness (QED) is 0.812. The molecule has 0 amide bonds. The smallest absolute Gasteiger partial charge is 0.0342 e. The molecule has 0 saturated heterocycles. The predicted octanol–water partition coefficient (Wildman–Crippen LogP) is 4.15. The standard InChI is InChI=1S/C13H18ClN/c1-13(2,3)11-5-7-12(8-6-11)15-10-4-9-14/h4-9,15H,10H2,1-3H3/b9-4+. The largest absolute Gasteiger partial charge is 0.382 e. The Bertz CT molecular complexity index is 319. The third-order valence-corrected chi connectivity index (χ3v) is 2.44. The zero-order valence-corrected chi connectivity index (χ0v) is 10.3. The highest BCUT2D eigenvalue weighted by atomic mass is 35.5. The van der Waals surface area contributed by atoms with Crippen LogP contribution in [0.2, 0.25) is 0 Å². The average Bonchev–Trinajstić information content (AvgIpc) is 2.18. The molecule has 2 heteroatoms. The van der Waals surface area contributed by atoms with E-state index >= 15 is 0 Å². The first-order valence-electron chi connectivity index (χ1n) is 5.13. The Morgan fingerprint density at radius 2 is 1.80 bits per heavy atom. The summed E-state index contributed by atoms with van der Waals surface area (Å²) < 4.78 is 0. The van der Waals surface area contributed by atoms with Crippen molar-refractivity contribution in [2.75, 3.05) is 11.9 Å². The summed E-state index contributed by atoms with van der Waals surface area (Å²) in [5.41, 5.74) is 4.21. The summed E-state index contributed by atoms with van der Waals surface area (Å²) in [5.74, 6) is 0. The van der Waals surface area contributed by atoms with Crippen LogP contribution >= 0.6 is 11.6 Å². The van der Waals surface area contributed by atoms with E-state index in [1.807, 2.05) is 6.08 Å². The molecule has 1 N–H and O–H groups in total. The molecule has 0 aromatic heterocycles. The number of nitrogens with one attached hydrogen (secondary N) is 1. The van der Waals surface area contributed by atoms with Crippen molar-refractivity contribution in [2.45, 2.75) is 26.2 Å². The van der Waals surface area contributed by atoms with Crippen molar-refractivity contribution in [3.8, 4) is 0 Å². The van der Waals surface area contributed by atoms with Gasteiger partial charge in [0.05, 0.1) is 0 Å². The Morgan fingerprint density at radius 3 is 2.27 bits per heavy atom. The average molecular weight is 224 g/mol. The van der Waals surface area contributed by atoms with Gasteiger partial charge in [-0.2, -0.15) is 0 Å². The molecule has 0 aliphatic heterocycles. The van der Waals surface area contributed by atoms with E-state index in [0.29, 0.717) is 0 Å². The zero-order valence-electron chi connectivity index (χ0n) is 9.55. The van der Waals surface area contributed by atoms with E-state index in [1.54, 1.807) is 0 Å². The minimum atomic E-state index is 0.217. The first kappa shape index (κ1) is 12.1. The minimum Gasteiger partial charge on any atom is -0.382 e. The maximum Gasteiger partial charge on any atom is 0.0342 e. The topological polar surface area (TPSA) is 12.0 Å². The lowest BCUT2D eigenvalue weighted by atomic mass is 9.87. The maximum absolute atomic E-state index is 5.43. The molecule has 1 aromatic rings. The van der Waals surface area contributed by atoms with Crippen LogP contribution in [-0.2, 0) is 5.41 Å². The molecule has 82 valence electrons. The van der Waals surface area contributed by atoms with Crippen molar-refractivity contribution in [3.63, 3.8) is 0 Å². The van der Waals surface area contributed by atoms with Gasteiger partial charge in [-0.15, -0.1) is 0 Å². The molecule has 0 heterocycles. The number of benzene rings is 1. The lowest BCUT2D eigenvalue weighted by Crippen LogP contribution is -2.10. The second kappa shape index (κ2) is 5.22. The Morgan fingerprint density at radius 1 is 1.20 bits per heavy atom. The summed E-state index contributed by atoms with van der Waals surface area (Å²) in [6.07, 6.45) is 1.87. The van der Waals surface area contributed by atoms with Crippen molar-refractivity contribution in [2.24, 2.45) is 0 Å². The molecule has 1 aromatic carbocycles. The third-order valence-electron chi connectivity index (χ3n) is 2.26. The van der Waals surface area contributed by atoms with Crippen LogP contribution in [-0.4, -0.2) is 6.54 Å². The van der Waals surface area contributed by atoms with Crippen molar-refractivity contribution < 1.29 is 0 Å². The van der Waals surface area contributed by atoms with Crippen molar-refractivity contribution >= 4 is 17.3 Å². The van der Waals surface area contributed by atoms with Gasteiger partial charge in [0.2, 0.25) is 0 Å². The molecule has 0 radical (unpaired) electrons. The van der Waals surface area contributed by atoms with Gasteiger partial charge >= 0.3 is 0 Å². The van der Waals surface area contributed by atoms with Crippen LogP contribution in [0.4, 0.5) is 5.69 Å². The summed E-state index contributed by atoms with van der Waals surface area (Å²) >= 11 is 5.43. The van der Waals surface area contributed by atoms with E-state index in [0.717, 1.165) is 12.2 Å². The highest BCUT2D eigenvalue weighted by Crippen LogP contribution is 2.23. The summed E-state index contributed by atoms with van der Waals surface area (Å²) in [6, 6.07) is 8.52. The molecule has 15 heavy (non-hydrogen) atoms. The SMILES string of the molecule is CC(C)(C)c1ccc(NC/C=C/Cl)cc1. The van der Waals surface area contributed by atoms with Gasteiger partial charge in [-0.25, -0.2) is 0 Å². The molecule has 0 atom stereocenters. The van der Waals surface area contributed by atoms with Crippen molar-refractivity contribution in [3.05, 3.63) is 41.4 Å². The van der Waals surface area contributed by atoms with Gasteiger partial charge in [0.15, 0.2) is 0 Å². The van der Waals surface area contributed by atoms with Gasteiger partial charge in [0, 0.05) is 17.8 Å². The highest BCUT2D eigenvalue weighted by Gasteiger charge is 2.12. The highest BCUT2D eigenvalue weighted by molar-refractivity contribution is 6.25. The van der Waals surface area contributed by atoms with Gasteiger partial charge in [-0.1, -0.05) is 50.6 Å². The molecule has 1 rings (SSSR count). The van der Waals surface area contributed by atoms with Crippen molar-refractivity contribution in [1.29, 1.82) is 0 Å². The second-order valence-corrected chi connectivity index (χ2v) is 4.82. The Labute approximate surface area is 97.1 Å². The number of rotatable bonds is 3. The molecule has 0 spiro atoms. The molecule has 1 nitrogen and oxygen atoms in total. The van der Waals surface area contributed by atoms with Gasteiger partial charge < -0.3 is 5.32 Å². The van der Waals surface area contributed by atoms with E-state index < -0.39 is 0 Å².